The van der Waals surface area contributed by atoms with E-state index in [1.54, 1.807) is 0 Å². The van der Waals surface area contributed by atoms with Gasteiger partial charge in [-0.1, -0.05) is 61.0 Å². The van der Waals surface area contributed by atoms with Gasteiger partial charge in [0.25, 0.3) is 0 Å². The van der Waals surface area contributed by atoms with E-state index in [0.717, 1.165) is 29.8 Å². The van der Waals surface area contributed by atoms with Crippen LogP contribution in [0.25, 0.3) is 0 Å². The summed E-state index contributed by atoms with van der Waals surface area (Å²) in [5, 5.41) is 1.87. The SMILES string of the molecule is CCCO[Si](OCCC)(OCCC)c1ccccc1CBr. The largest absolute Gasteiger partial charge is 0.537 e. The Morgan fingerprint density at radius 1 is 0.857 bits per heavy atom. The highest BCUT2D eigenvalue weighted by Crippen LogP contribution is 2.16. The first-order chi connectivity index (χ1) is 10.2. The molecule has 21 heavy (non-hydrogen) atoms. The fourth-order valence-corrected chi connectivity index (χ4v) is 5.75. The minimum atomic E-state index is -2.83. The topological polar surface area (TPSA) is 27.7 Å². The summed E-state index contributed by atoms with van der Waals surface area (Å²) < 4.78 is 18.6. The zero-order chi connectivity index (χ0) is 15.6. The molecule has 0 heterocycles. The van der Waals surface area contributed by atoms with Gasteiger partial charge in [-0.25, -0.2) is 0 Å². The van der Waals surface area contributed by atoms with Gasteiger partial charge in [0.05, 0.1) is 0 Å². The number of halogens is 1. The van der Waals surface area contributed by atoms with Gasteiger partial charge in [-0.3, -0.25) is 0 Å². The molecule has 0 bridgehead atoms. The molecule has 0 saturated carbocycles. The second-order valence-electron chi connectivity index (χ2n) is 4.89. The predicted molar refractivity (Wildman–Crippen MR) is 93.2 cm³/mol. The molecule has 5 heteroatoms. The van der Waals surface area contributed by atoms with Crippen LogP contribution in [0.5, 0.6) is 0 Å². The molecule has 0 N–H and O–H groups in total. The molecule has 0 spiro atoms. The van der Waals surface area contributed by atoms with Crippen LogP contribution in [0, 0.1) is 0 Å². The van der Waals surface area contributed by atoms with E-state index in [2.05, 4.69) is 48.8 Å². The Morgan fingerprint density at radius 3 is 1.76 bits per heavy atom. The van der Waals surface area contributed by atoms with Crippen molar-refractivity contribution in [2.45, 2.75) is 45.4 Å². The summed E-state index contributed by atoms with van der Waals surface area (Å²) in [4.78, 5) is 0. The van der Waals surface area contributed by atoms with Crippen molar-refractivity contribution in [1.82, 2.24) is 0 Å². The quantitative estimate of drug-likeness (QED) is 0.432. The first-order valence-corrected chi connectivity index (χ1v) is 10.6. The van der Waals surface area contributed by atoms with E-state index in [1.165, 1.54) is 5.56 Å². The number of hydrogen-bond acceptors (Lipinski definition) is 3. The van der Waals surface area contributed by atoms with Gasteiger partial charge in [0, 0.05) is 30.3 Å². The Bertz CT molecular complexity index is 379. The van der Waals surface area contributed by atoms with Crippen molar-refractivity contribution in [1.29, 1.82) is 0 Å². The third-order valence-corrected chi connectivity index (χ3v) is 6.48. The molecule has 0 fully saturated rings. The Labute approximate surface area is 138 Å². The van der Waals surface area contributed by atoms with Crippen molar-refractivity contribution in [2.24, 2.45) is 0 Å². The molecule has 0 aliphatic rings. The Kier molecular flexibility index (Phi) is 9.43. The third-order valence-electron chi connectivity index (χ3n) is 2.98. The summed E-state index contributed by atoms with van der Waals surface area (Å²) in [7, 11) is -2.83. The highest BCUT2D eigenvalue weighted by Gasteiger charge is 2.45. The van der Waals surface area contributed by atoms with E-state index in [-0.39, 0.29) is 0 Å². The van der Waals surface area contributed by atoms with Crippen LogP contribution in [0.3, 0.4) is 0 Å². The first kappa shape index (κ1) is 18.8. The molecular weight excluding hydrogens is 348 g/mol. The van der Waals surface area contributed by atoms with Gasteiger partial charge < -0.3 is 13.3 Å². The summed E-state index contributed by atoms with van der Waals surface area (Å²) in [6, 6.07) is 8.26. The molecule has 0 radical (unpaired) electrons. The standard InChI is InChI=1S/C16H27BrO3Si/c1-4-11-18-21(19-12-5-2,20-13-6-3)16-10-8-7-9-15(16)14-17/h7-10H,4-6,11-14H2,1-3H3. The summed E-state index contributed by atoms with van der Waals surface area (Å²) >= 11 is 3.56. The molecule has 0 unspecified atom stereocenters. The molecule has 0 atom stereocenters. The summed E-state index contributed by atoms with van der Waals surface area (Å²) in [5.74, 6) is 0. The third kappa shape index (κ3) is 5.49. The zero-order valence-corrected chi connectivity index (χ0v) is 15.9. The number of rotatable bonds is 11. The van der Waals surface area contributed by atoms with Gasteiger partial charge in [0.15, 0.2) is 0 Å². The lowest BCUT2D eigenvalue weighted by Gasteiger charge is -2.31. The van der Waals surface area contributed by atoms with Crippen molar-refractivity contribution >= 4 is 29.9 Å². The lowest BCUT2D eigenvalue weighted by atomic mass is 10.2. The molecule has 0 aromatic heterocycles. The fourth-order valence-electron chi connectivity index (χ4n) is 2.00. The number of hydrogen-bond donors (Lipinski definition) is 0. The lowest BCUT2D eigenvalue weighted by molar-refractivity contribution is 0.0730. The van der Waals surface area contributed by atoms with Crippen LogP contribution >= 0.6 is 15.9 Å². The molecule has 120 valence electrons. The second-order valence-corrected chi connectivity index (χ2v) is 7.97. The van der Waals surface area contributed by atoms with Crippen LogP contribution in [-0.2, 0) is 18.6 Å². The van der Waals surface area contributed by atoms with Gasteiger partial charge in [-0.15, -0.1) is 0 Å². The molecular formula is C16H27BrO3Si. The van der Waals surface area contributed by atoms with Gasteiger partial charge in [-0.2, -0.15) is 0 Å². The van der Waals surface area contributed by atoms with Gasteiger partial charge >= 0.3 is 8.80 Å². The zero-order valence-electron chi connectivity index (χ0n) is 13.4. The maximum absolute atomic E-state index is 6.19. The Hall–Kier alpha value is -0.203. The first-order valence-electron chi connectivity index (χ1n) is 7.80. The maximum Gasteiger partial charge on any atom is 0.537 e. The maximum atomic E-state index is 6.19. The van der Waals surface area contributed by atoms with Crippen molar-refractivity contribution in [3.05, 3.63) is 29.8 Å². The van der Waals surface area contributed by atoms with E-state index >= 15 is 0 Å². The molecule has 3 nitrogen and oxygen atoms in total. The van der Waals surface area contributed by atoms with Crippen LogP contribution in [0.2, 0.25) is 0 Å². The monoisotopic (exact) mass is 374 g/mol. The molecule has 0 saturated heterocycles. The Balaban J connectivity index is 3.16. The van der Waals surface area contributed by atoms with E-state index < -0.39 is 8.80 Å². The molecule has 0 amide bonds. The van der Waals surface area contributed by atoms with Crippen LogP contribution in [-0.4, -0.2) is 28.6 Å². The van der Waals surface area contributed by atoms with E-state index in [4.69, 9.17) is 13.3 Å². The van der Waals surface area contributed by atoms with E-state index in [0.29, 0.717) is 19.8 Å². The van der Waals surface area contributed by atoms with Gasteiger partial charge in [0.1, 0.15) is 0 Å². The minimum Gasteiger partial charge on any atom is -0.370 e. The van der Waals surface area contributed by atoms with E-state index in [9.17, 15) is 0 Å². The van der Waals surface area contributed by atoms with Crippen LogP contribution in [0.15, 0.2) is 24.3 Å². The molecule has 1 aromatic carbocycles. The van der Waals surface area contributed by atoms with Crippen LogP contribution in [0.1, 0.15) is 45.6 Å². The number of benzene rings is 1. The molecule has 0 aliphatic carbocycles. The summed E-state index contributed by atoms with van der Waals surface area (Å²) in [5.41, 5.74) is 1.19. The van der Waals surface area contributed by atoms with Crippen molar-refractivity contribution < 1.29 is 13.3 Å². The van der Waals surface area contributed by atoms with Gasteiger partial charge in [-0.05, 0) is 24.8 Å². The second kappa shape index (κ2) is 10.5. The van der Waals surface area contributed by atoms with Crippen molar-refractivity contribution in [3.8, 4) is 0 Å². The fraction of sp³-hybridized carbons (Fsp3) is 0.625. The average Bonchev–Trinajstić information content (AvgIpc) is 2.54. The van der Waals surface area contributed by atoms with Crippen LogP contribution < -0.4 is 5.19 Å². The summed E-state index contributed by atoms with van der Waals surface area (Å²) in [6.45, 7) is 8.31. The Morgan fingerprint density at radius 2 is 1.33 bits per heavy atom. The molecule has 0 aliphatic heterocycles. The predicted octanol–water partition coefficient (Wildman–Crippen LogP) is 4.01. The summed E-state index contributed by atoms with van der Waals surface area (Å²) in [6.07, 6.45) is 2.86. The lowest BCUT2D eigenvalue weighted by Crippen LogP contribution is -2.58. The normalized spacial score (nSPS) is 11.8. The molecule has 1 rings (SSSR count). The van der Waals surface area contributed by atoms with Crippen LogP contribution in [0.4, 0.5) is 0 Å². The highest BCUT2D eigenvalue weighted by atomic mass is 79.9. The minimum absolute atomic E-state index is 0.663. The van der Waals surface area contributed by atoms with Gasteiger partial charge in [0.2, 0.25) is 0 Å². The highest BCUT2D eigenvalue weighted by molar-refractivity contribution is 9.08. The van der Waals surface area contributed by atoms with E-state index in [1.807, 2.05) is 12.1 Å². The smallest absolute Gasteiger partial charge is 0.370 e. The molecule has 1 aromatic rings. The van der Waals surface area contributed by atoms with Crippen molar-refractivity contribution in [3.63, 3.8) is 0 Å². The number of alkyl halides is 1. The average molecular weight is 375 g/mol. The van der Waals surface area contributed by atoms with Crippen molar-refractivity contribution in [2.75, 3.05) is 19.8 Å².